The van der Waals surface area contributed by atoms with Crippen LogP contribution in [0.15, 0.2) is 24.3 Å². The molecule has 2 amide bonds. The summed E-state index contributed by atoms with van der Waals surface area (Å²) >= 11 is 0. The van der Waals surface area contributed by atoms with Gasteiger partial charge in [0.05, 0.1) is 5.41 Å². The molecule has 2 fully saturated rings. The first kappa shape index (κ1) is 17.0. The molecule has 130 valence electrons. The summed E-state index contributed by atoms with van der Waals surface area (Å²) in [6.07, 6.45) is 7.48. The second kappa shape index (κ2) is 6.96. The Balaban J connectivity index is 1.79. The molecular formula is C20H28N2O2. The maximum Gasteiger partial charge on any atom is 0.230 e. The second-order valence-electron chi connectivity index (χ2n) is 7.61. The third-order valence-corrected chi connectivity index (χ3v) is 5.28. The van der Waals surface area contributed by atoms with Crippen molar-refractivity contribution in [2.75, 3.05) is 5.32 Å². The van der Waals surface area contributed by atoms with Gasteiger partial charge in [-0.1, -0.05) is 45.2 Å². The number of nitrogens with one attached hydrogen (secondary N) is 2. The summed E-state index contributed by atoms with van der Waals surface area (Å²) in [6.45, 7) is 3.76. The Bertz CT molecular complexity index is 597. The summed E-state index contributed by atoms with van der Waals surface area (Å²) in [5.41, 5.74) is 1.50. The van der Waals surface area contributed by atoms with Gasteiger partial charge in [-0.25, -0.2) is 0 Å². The molecule has 2 aliphatic rings. The molecular weight excluding hydrogens is 300 g/mol. The molecule has 2 N–H and O–H groups in total. The van der Waals surface area contributed by atoms with Crippen molar-refractivity contribution in [2.45, 2.75) is 70.3 Å². The average Bonchev–Trinajstić information content (AvgIpc) is 3.40. The van der Waals surface area contributed by atoms with E-state index in [1.54, 1.807) is 0 Å². The number of anilines is 1. The number of carbonyl (C=O) groups is 2. The van der Waals surface area contributed by atoms with Gasteiger partial charge in [0, 0.05) is 17.6 Å². The van der Waals surface area contributed by atoms with E-state index in [9.17, 15) is 9.59 Å². The van der Waals surface area contributed by atoms with Crippen LogP contribution < -0.4 is 10.6 Å². The summed E-state index contributed by atoms with van der Waals surface area (Å²) < 4.78 is 0. The molecule has 0 spiro atoms. The van der Waals surface area contributed by atoms with Crippen molar-refractivity contribution in [2.24, 2.45) is 5.92 Å². The van der Waals surface area contributed by atoms with Gasteiger partial charge in [0.1, 0.15) is 0 Å². The normalized spacial score (nSPS) is 19.8. The average molecular weight is 328 g/mol. The third kappa shape index (κ3) is 3.63. The third-order valence-electron chi connectivity index (χ3n) is 5.28. The van der Waals surface area contributed by atoms with E-state index < -0.39 is 0 Å². The van der Waals surface area contributed by atoms with Gasteiger partial charge in [-0.3, -0.25) is 9.59 Å². The van der Waals surface area contributed by atoms with Crippen molar-refractivity contribution in [3.63, 3.8) is 0 Å². The predicted octanol–water partition coefficient (Wildman–Crippen LogP) is 3.76. The number of rotatable bonds is 5. The van der Waals surface area contributed by atoms with Crippen LogP contribution in [0.5, 0.6) is 0 Å². The predicted molar refractivity (Wildman–Crippen MR) is 95.8 cm³/mol. The van der Waals surface area contributed by atoms with Crippen molar-refractivity contribution in [3.8, 4) is 0 Å². The Morgan fingerprint density at radius 2 is 1.67 bits per heavy atom. The molecule has 0 bridgehead atoms. The molecule has 0 unspecified atom stereocenters. The summed E-state index contributed by atoms with van der Waals surface area (Å²) in [7, 11) is 0. The van der Waals surface area contributed by atoms with Gasteiger partial charge >= 0.3 is 0 Å². The summed E-state index contributed by atoms with van der Waals surface area (Å²) in [5, 5.41) is 6.13. The van der Waals surface area contributed by atoms with Crippen LogP contribution in [0.4, 0.5) is 5.69 Å². The van der Waals surface area contributed by atoms with Crippen LogP contribution in [-0.2, 0) is 15.0 Å². The summed E-state index contributed by atoms with van der Waals surface area (Å²) in [4.78, 5) is 24.8. The molecule has 4 nitrogen and oxygen atoms in total. The lowest BCUT2D eigenvalue weighted by Gasteiger charge is -2.36. The van der Waals surface area contributed by atoms with Crippen LogP contribution in [0.3, 0.4) is 0 Å². The van der Waals surface area contributed by atoms with E-state index in [2.05, 4.69) is 10.6 Å². The largest absolute Gasteiger partial charge is 0.353 e. The number of hydrogen-bond donors (Lipinski definition) is 2. The molecule has 0 aromatic heterocycles. The molecule has 0 atom stereocenters. The van der Waals surface area contributed by atoms with Gasteiger partial charge in [-0.15, -0.1) is 0 Å². The Kier molecular flexibility index (Phi) is 4.93. The fraction of sp³-hybridized carbons (Fsp3) is 0.600. The number of amides is 2. The van der Waals surface area contributed by atoms with Crippen molar-refractivity contribution in [3.05, 3.63) is 29.8 Å². The highest BCUT2D eigenvalue weighted by Crippen LogP contribution is 2.40. The van der Waals surface area contributed by atoms with Gasteiger partial charge < -0.3 is 10.6 Å². The zero-order valence-corrected chi connectivity index (χ0v) is 14.7. The van der Waals surface area contributed by atoms with Crippen molar-refractivity contribution in [1.82, 2.24) is 5.32 Å². The molecule has 1 aromatic rings. The fourth-order valence-electron chi connectivity index (χ4n) is 3.51. The molecule has 3 rings (SSSR count). The number of carbonyl (C=O) groups excluding carboxylic acids is 2. The van der Waals surface area contributed by atoms with Crippen LogP contribution in [0.1, 0.15) is 64.4 Å². The first-order chi connectivity index (χ1) is 11.5. The first-order valence-electron chi connectivity index (χ1n) is 9.24. The van der Waals surface area contributed by atoms with Gasteiger partial charge in [0.2, 0.25) is 11.8 Å². The first-order valence-corrected chi connectivity index (χ1v) is 9.24. The monoisotopic (exact) mass is 328 g/mol. The summed E-state index contributed by atoms with van der Waals surface area (Å²) in [6, 6.07) is 8.29. The van der Waals surface area contributed by atoms with Crippen LogP contribution in [0.2, 0.25) is 0 Å². The minimum atomic E-state index is -0.387. The zero-order chi connectivity index (χ0) is 17.2. The highest BCUT2D eigenvalue weighted by atomic mass is 16.2. The minimum Gasteiger partial charge on any atom is -0.353 e. The van der Waals surface area contributed by atoms with E-state index in [1.807, 2.05) is 38.1 Å². The standard InChI is InChI=1S/C20H28N2O2/c1-14(2)18(23)21-16-8-6-15(7-9-16)20(12-4-3-5-13-20)19(24)22-17-10-11-17/h6-9,14,17H,3-5,10-13H2,1-2H3,(H,21,23)(H,22,24). The van der Waals surface area contributed by atoms with Gasteiger partial charge in [0.15, 0.2) is 0 Å². The van der Waals surface area contributed by atoms with Crippen LogP contribution in [0.25, 0.3) is 0 Å². The Hall–Kier alpha value is -1.84. The highest BCUT2D eigenvalue weighted by Gasteiger charge is 2.42. The van der Waals surface area contributed by atoms with Crippen LogP contribution in [0, 0.1) is 5.92 Å². The van der Waals surface area contributed by atoms with E-state index in [1.165, 1.54) is 6.42 Å². The van der Waals surface area contributed by atoms with E-state index in [0.29, 0.717) is 6.04 Å². The molecule has 4 heteroatoms. The quantitative estimate of drug-likeness (QED) is 0.864. The Morgan fingerprint density at radius 3 is 2.21 bits per heavy atom. The molecule has 0 saturated heterocycles. The topological polar surface area (TPSA) is 58.2 Å². The van der Waals surface area contributed by atoms with Gasteiger partial charge in [0.25, 0.3) is 0 Å². The van der Waals surface area contributed by atoms with Crippen molar-refractivity contribution < 1.29 is 9.59 Å². The molecule has 2 saturated carbocycles. The van der Waals surface area contributed by atoms with Gasteiger partial charge in [-0.2, -0.15) is 0 Å². The van der Waals surface area contributed by atoms with E-state index in [0.717, 1.165) is 49.8 Å². The second-order valence-corrected chi connectivity index (χ2v) is 7.61. The maximum atomic E-state index is 12.9. The maximum absolute atomic E-state index is 12.9. The van der Waals surface area contributed by atoms with E-state index in [4.69, 9.17) is 0 Å². The number of hydrogen-bond acceptors (Lipinski definition) is 2. The smallest absolute Gasteiger partial charge is 0.230 e. The van der Waals surface area contributed by atoms with Crippen molar-refractivity contribution >= 4 is 17.5 Å². The van der Waals surface area contributed by atoms with Crippen molar-refractivity contribution in [1.29, 1.82) is 0 Å². The molecule has 0 radical (unpaired) electrons. The molecule has 2 aliphatic carbocycles. The lowest BCUT2D eigenvalue weighted by atomic mass is 9.68. The Morgan fingerprint density at radius 1 is 1.04 bits per heavy atom. The lowest BCUT2D eigenvalue weighted by Crippen LogP contribution is -2.46. The minimum absolute atomic E-state index is 0.0154. The molecule has 0 aliphatic heterocycles. The zero-order valence-electron chi connectivity index (χ0n) is 14.7. The highest BCUT2D eigenvalue weighted by molar-refractivity contribution is 5.92. The number of benzene rings is 1. The van der Waals surface area contributed by atoms with Crippen LogP contribution >= 0.6 is 0 Å². The van der Waals surface area contributed by atoms with E-state index >= 15 is 0 Å². The lowest BCUT2D eigenvalue weighted by molar-refractivity contribution is -0.128. The van der Waals surface area contributed by atoms with E-state index in [-0.39, 0.29) is 23.1 Å². The Labute approximate surface area is 144 Å². The van der Waals surface area contributed by atoms with Crippen LogP contribution in [-0.4, -0.2) is 17.9 Å². The summed E-state index contributed by atoms with van der Waals surface area (Å²) in [5.74, 6) is 0.170. The fourth-order valence-corrected chi connectivity index (χ4v) is 3.51. The SMILES string of the molecule is CC(C)C(=O)Nc1ccc(C2(C(=O)NC3CC3)CCCCC2)cc1. The molecule has 24 heavy (non-hydrogen) atoms. The molecule has 0 heterocycles. The molecule has 1 aromatic carbocycles. The van der Waals surface area contributed by atoms with Gasteiger partial charge in [-0.05, 0) is 43.4 Å².